The molecule has 168 valence electrons. The number of benzene rings is 3. The van der Waals surface area contributed by atoms with Gasteiger partial charge in [-0.05, 0) is 59.8 Å². The molecule has 33 heavy (non-hydrogen) atoms. The topological polar surface area (TPSA) is 56.3 Å². The fourth-order valence-electron chi connectivity index (χ4n) is 3.28. The van der Waals surface area contributed by atoms with Gasteiger partial charge < -0.3 is 9.47 Å². The number of hydrogen-bond donors (Lipinski definition) is 1. The Balaban J connectivity index is 1.69. The summed E-state index contributed by atoms with van der Waals surface area (Å²) in [6.07, 6.45) is 0. The van der Waals surface area contributed by atoms with Crippen molar-refractivity contribution in [1.82, 2.24) is 9.97 Å². The van der Waals surface area contributed by atoms with Crippen LogP contribution in [-0.4, -0.2) is 17.1 Å². The molecule has 0 aliphatic rings. The average molecular weight is 462 g/mol. The van der Waals surface area contributed by atoms with Crippen LogP contribution >= 0.6 is 11.9 Å². The molecular formula is C26H24FN3O2S. The van der Waals surface area contributed by atoms with Crippen molar-refractivity contribution in [1.29, 1.82) is 0 Å². The summed E-state index contributed by atoms with van der Waals surface area (Å²) in [5.41, 5.74) is 2.83. The third-order valence-corrected chi connectivity index (χ3v) is 5.72. The quantitative estimate of drug-likeness (QED) is 0.277. The molecule has 1 heterocycles. The number of nitrogens with zero attached hydrogens (tertiary/aromatic N) is 2. The fourth-order valence-corrected chi connectivity index (χ4v) is 3.86. The van der Waals surface area contributed by atoms with Crippen LogP contribution in [0.2, 0.25) is 0 Å². The van der Waals surface area contributed by atoms with Crippen LogP contribution in [0.15, 0.2) is 83.8 Å². The van der Waals surface area contributed by atoms with Crippen LogP contribution in [0, 0.1) is 5.82 Å². The number of para-hydroxylation sites is 1. The average Bonchev–Trinajstić information content (AvgIpc) is 2.84. The van der Waals surface area contributed by atoms with Gasteiger partial charge in [-0.25, -0.2) is 9.37 Å². The van der Waals surface area contributed by atoms with Crippen molar-refractivity contribution in [3.05, 3.63) is 90.2 Å². The molecule has 1 N–H and O–H groups in total. The summed E-state index contributed by atoms with van der Waals surface area (Å²) >= 11 is 1.37. The lowest BCUT2D eigenvalue weighted by Crippen LogP contribution is -2.01. The van der Waals surface area contributed by atoms with Crippen molar-refractivity contribution in [3.63, 3.8) is 0 Å². The molecule has 0 fully saturated rings. The van der Waals surface area contributed by atoms with Gasteiger partial charge in [0.15, 0.2) is 11.6 Å². The number of anilines is 1. The highest BCUT2D eigenvalue weighted by Gasteiger charge is 2.14. The molecule has 4 rings (SSSR count). The maximum atomic E-state index is 14.2. The number of rotatable bonds is 8. The number of hydrogen-bond acceptors (Lipinski definition) is 6. The lowest BCUT2D eigenvalue weighted by Gasteiger charge is -2.15. The van der Waals surface area contributed by atoms with E-state index < -0.39 is 5.82 Å². The first kappa shape index (κ1) is 22.6. The molecule has 0 saturated heterocycles. The van der Waals surface area contributed by atoms with Gasteiger partial charge in [-0.3, -0.25) is 4.72 Å². The third-order valence-electron chi connectivity index (χ3n) is 4.93. The molecule has 4 aromatic rings. The van der Waals surface area contributed by atoms with E-state index in [0.717, 1.165) is 21.8 Å². The van der Waals surface area contributed by atoms with Crippen LogP contribution in [0.3, 0.4) is 0 Å². The number of ether oxygens (including phenoxy) is 2. The molecular weight excluding hydrogens is 437 g/mol. The molecule has 0 bridgehead atoms. The Labute approximate surface area is 197 Å². The predicted molar refractivity (Wildman–Crippen MR) is 131 cm³/mol. The van der Waals surface area contributed by atoms with Gasteiger partial charge in [0.2, 0.25) is 11.8 Å². The van der Waals surface area contributed by atoms with E-state index in [1.54, 1.807) is 31.4 Å². The zero-order valence-corrected chi connectivity index (χ0v) is 19.4. The molecule has 0 unspecified atom stereocenters. The number of aromatic nitrogens is 2. The first-order valence-electron chi connectivity index (χ1n) is 10.5. The summed E-state index contributed by atoms with van der Waals surface area (Å²) in [5, 5.41) is 0. The van der Waals surface area contributed by atoms with Crippen molar-refractivity contribution in [2.45, 2.75) is 24.7 Å². The van der Waals surface area contributed by atoms with Gasteiger partial charge in [0.25, 0.3) is 0 Å². The van der Waals surface area contributed by atoms with Gasteiger partial charge in [0, 0.05) is 16.5 Å². The molecule has 1 aromatic heterocycles. The van der Waals surface area contributed by atoms with Gasteiger partial charge in [-0.1, -0.05) is 50.2 Å². The summed E-state index contributed by atoms with van der Waals surface area (Å²) in [5.74, 6) is 1.34. The Kier molecular flexibility index (Phi) is 7.10. The molecule has 0 radical (unpaired) electrons. The van der Waals surface area contributed by atoms with E-state index in [9.17, 15) is 4.39 Å². The summed E-state index contributed by atoms with van der Waals surface area (Å²) in [6.45, 7) is 4.27. The first-order chi connectivity index (χ1) is 16.0. The monoisotopic (exact) mass is 461 g/mol. The van der Waals surface area contributed by atoms with E-state index in [2.05, 4.69) is 29.6 Å². The molecule has 0 aliphatic carbocycles. The smallest absolute Gasteiger partial charge is 0.237 e. The standard InChI is InChI=1S/C26H24FN3O2S/c1-17(2)20-8-4-5-9-21(20)23-16-25(32-24-11-7-6-10-22(24)27)29-26(28-23)30-33-19-14-12-18(31-3)13-15-19/h4-17H,1-3H3,(H,28,29,30). The molecule has 0 atom stereocenters. The van der Waals surface area contributed by atoms with E-state index in [4.69, 9.17) is 14.5 Å². The van der Waals surface area contributed by atoms with E-state index in [1.807, 2.05) is 42.5 Å². The maximum Gasteiger partial charge on any atom is 0.237 e. The lowest BCUT2D eigenvalue weighted by molar-refractivity contribution is 0.414. The molecule has 0 spiro atoms. The molecule has 0 amide bonds. The number of halogens is 1. The zero-order valence-electron chi connectivity index (χ0n) is 18.6. The predicted octanol–water partition coefficient (Wildman–Crippen LogP) is 7.33. The lowest BCUT2D eigenvalue weighted by atomic mass is 9.95. The van der Waals surface area contributed by atoms with Crippen LogP contribution in [-0.2, 0) is 0 Å². The molecule has 0 aliphatic heterocycles. The normalized spacial score (nSPS) is 10.8. The van der Waals surface area contributed by atoms with Gasteiger partial charge in [0.1, 0.15) is 5.75 Å². The molecule has 0 saturated carbocycles. The van der Waals surface area contributed by atoms with Gasteiger partial charge in [0.05, 0.1) is 12.8 Å². The summed E-state index contributed by atoms with van der Waals surface area (Å²) in [7, 11) is 1.63. The van der Waals surface area contributed by atoms with Crippen molar-refractivity contribution >= 4 is 17.9 Å². The van der Waals surface area contributed by atoms with Gasteiger partial charge >= 0.3 is 0 Å². The van der Waals surface area contributed by atoms with E-state index >= 15 is 0 Å². The van der Waals surface area contributed by atoms with Crippen molar-refractivity contribution < 1.29 is 13.9 Å². The highest BCUT2D eigenvalue weighted by molar-refractivity contribution is 8.00. The Morgan fingerprint density at radius 3 is 2.36 bits per heavy atom. The third kappa shape index (κ3) is 5.62. The second-order valence-electron chi connectivity index (χ2n) is 7.57. The fraction of sp³-hybridized carbons (Fsp3) is 0.154. The minimum Gasteiger partial charge on any atom is -0.497 e. The van der Waals surface area contributed by atoms with Crippen molar-refractivity contribution in [2.75, 3.05) is 11.8 Å². The molecule has 3 aromatic carbocycles. The van der Waals surface area contributed by atoms with Crippen LogP contribution in [0.1, 0.15) is 25.3 Å². The summed E-state index contributed by atoms with van der Waals surface area (Å²) in [6, 6.07) is 23.7. The molecule has 7 heteroatoms. The van der Waals surface area contributed by atoms with Crippen LogP contribution in [0.25, 0.3) is 11.3 Å². The Bertz CT molecular complexity index is 1230. The second-order valence-corrected chi connectivity index (χ2v) is 8.45. The summed E-state index contributed by atoms with van der Waals surface area (Å²) < 4.78 is 28.4. The van der Waals surface area contributed by atoms with Gasteiger partial charge in [-0.2, -0.15) is 4.98 Å². The van der Waals surface area contributed by atoms with Crippen molar-refractivity contribution in [3.8, 4) is 28.6 Å². The minimum absolute atomic E-state index is 0.105. The highest BCUT2D eigenvalue weighted by Crippen LogP contribution is 2.33. The summed E-state index contributed by atoms with van der Waals surface area (Å²) in [4.78, 5) is 10.1. The number of nitrogens with one attached hydrogen (secondary N) is 1. The highest BCUT2D eigenvalue weighted by atomic mass is 32.2. The van der Waals surface area contributed by atoms with E-state index in [0.29, 0.717) is 17.6 Å². The SMILES string of the molecule is COc1ccc(SNc2nc(Oc3ccccc3F)cc(-c3ccccc3C(C)C)n2)cc1. The van der Waals surface area contributed by atoms with E-state index in [1.165, 1.54) is 18.0 Å². The Hall–Kier alpha value is -3.58. The first-order valence-corrected chi connectivity index (χ1v) is 11.3. The Morgan fingerprint density at radius 1 is 0.909 bits per heavy atom. The Morgan fingerprint density at radius 2 is 1.64 bits per heavy atom. The molecule has 5 nitrogen and oxygen atoms in total. The van der Waals surface area contributed by atoms with Crippen LogP contribution in [0.4, 0.5) is 10.3 Å². The van der Waals surface area contributed by atoms with E-state index in [-0.39, 0.29) is 11.6 Å². The van der Waals surface area contributed by atoms with Crippen LogP contribution in [0.5, 0.6) is 17.4 Å². The number of methoxy groups -OCH3 is 1. The minimum atomic E-state index is -0.456. The largest absolute Gasteiger partial charge is 0.497 e. The second kappa shape index (κ2) is 10.4. The zero-order chi connectivity index (χ0) is 23.2. The van der Waals surface area contributed by atoms with Crippen molar-refractivity contribution in [2.24, 2.45) is 0 Å². The van der Waals surface area contributed by atoms with Gasteiger partial charge in [-0.15, -0.1) is 0 Å². The maximum absolute atomic E-state index is 14.2. The van der Waals surface area contributed by atoms with Crippen LogP contribution < -0.4 is 14.2 Å².